The second-order valence-corrected chi connectivity index (χ2v) is 9.15. The molecule has 1 N–H and O–H groups in total. The van der Waals surface area contributed by atoms with Crippen molar-refractivity contribution < 1.29 is 13.2 Å². The monoisotopic (exact) mass is 426 g/mol. The molecule has 0 radical (unpaired) electrons. The molecule has 0 aliphatic carbocycles. The second-order valence-electron chi connectivity index (χ2n) is 7.24. The first-order valence-corrected chi connectivity index (χ1v) is 11.5. The van der Waals surface area contributed by atoms with Crippen molar-refractivity contribution in [3.63, 3.8) is 0 Å². The van der Waals surface area contributed by atoms with Crippen molar-refractivity contribution in [2.75, 3.05) is 26.2 Å². The summed E-state index contributed by atoms with van der Waals surface area (Å²) in [5.74, 6) is 0. The Balaban J connectivity index is 1.59. The van der Waals surface area contributed by atoms with Crippen LogP contribution >= 0.6 is 0 Å². The van der Waals surface area contributed by atoms with E-state index in [0.717, 1.165) is 18.4 Å². The van der Waals surface area contributed by atoms with Crippen molar-refractivity contribution in [3.8, 4) is 6.07 Å². The third-order valence-electron chi connectivity index (χ3n) is 5.30. The molecular formula is C22H26N4O3S. The van der Waals surface area contributed by atoms with E-state index in [1.54, 1.807) is 17.0 Å². The molecule has 0 aromatic heterocycles. The Morgan fingerprint density at radius 3 is 2.33 bits per heavy atom. The molecule has 1 unspecified atom stereocenters. The molecule has 1 fully saturated rings. The Bertz CT molecular complexity index is 1010. The lowest BCUT2D eigenvalue weighted by Crippen LogP contribution is -2.54. The number of piperazine rings is 1. The van der Waals surface area contributed by atoms with Gasteiger partial charge in [-0.2, -0.15) is 9.57 Å². The van der Waals surface area contributed by atoms with Crippen LogP contribution in [0.2, 0.25) is 0 Å². The van der Waals surface area contributed by atoms with Gasteiger partial charge in [0.25, 0.3) is 0 Å². The maximum atomic E-state index is 12.9. The van der Waals surface area contributed by atoms with Gasteiger partial charge in [-0.3, -0.25) is 0 Å². The molecule has 1 atom stereocenters. The lowest BCUT2D eigenvalue weighted by atomic mass is 10.0. The van der Waals surface area contributed by atoms with E-state index in [0.29, 0.717) is 13.1 Å². The quantitative estimate of drug-likeness (QED) is 0.768. The van der Waals surface area contributed by atoms with Gasteiger partial charge in [-0.25, -0.2) is 13.2 Å². The third-order valence-corrected chi connectivity index (χ3v) is 7.25. The highest BCUT2D eigenvalue weighted by Gasteiger charge is 2.31. The van der Waals surface area contributed by atoms with Crippen molar-refractivity contribution in [1.82, 2.24) is 14.5 Å². The van der Waals surface area contributed by atoms with Crippen molar-refractivity contribution in [2.45, 2.75) is 30.7 Å². The highest BCUT2D eigenvalue weighted by Crippen LogP contribution is 2.21. The van der Waals surface area contributed by atoms with E-state index in [-0.39, 0.29) is 35.6 Å². The van der Waals surface area contributed by atoms with E-state index in [9.17, 15) is 18.5 Å². The van der Waals surface area contributed by atoms with Crippen LogP contribution in [-0.4, -0.2) is 55.9 Å². The Morgan fingerprint density at radius 1 is 1.07 bits per heavy atom. The summed E-state index contributed by atoms with van der Waals surface area (Å²) in [6, 6.07) is 18.0. The standard InChI is InChI=1S/C22H26N4O3S/c1-2-20(16-18-8-4-3-5-9-18)24-22(27)25-12-14-26(15-13-25)30(28,29)21-11-7-6-10-19(21)17-23/h3-11,20H,2,12-16H2,1H3,(H,24,27). The number of rotatable bonds is 6. The smallest absolute Gasteiger partial charge is 0.317 e. The van der Waals surface area contributed by atoms with Crippen LogP contribution in [0.4, 0.5) is 4.79 Å². The van der Waals surface area contributed by atoms with Crippen LogP contribution in [0.5, 0.6) is 0 Å². The summed E-state index contributed by atoms with van der Waals surface area (Å²) >= 11 is 0. The minimum atomic E-state index is -3.77. The van der Waals surface area contributed by atoms with Gasteiger partial charge in [0.2, 0.25) is 10.0 Å². The van der Waals surface area contributed by atoms with Gasteiger partial charge in [-0.15, -0.1) is 0 Å². The van der Waals surface area contributed by atoms with E-state index < -0.39 is 10.0 Å². The summed E-state index contributed by atoms with van der Waals surface area (Å²) in [5, 5.41) is 12.3. The number of nitrogens with one attached hydrogen (secondary N) is 1. The molecule has 0 bridgehead atoms. The number of hydrogen-bond acceptors (Lipinski definition) is 4. The van der Waals surface area contributed by atoms with Gasteiger partial charge in [0.05, 0.1) is 10.5 Å². The lowest BCUT2D eigenvalue weighted by molar-refractivity contribution is 0.168. The summed E-state index contributed by atoms with van der Waals surface area (Å²) in [5.41, 5.74) is 1.29. The molecule has 1 heterocycles. The molecule has 3 rings (SSSR count). The van der Waals surface area contributed by atoms with Crippen LogP contribution in [0.3, 0.4) is 0 Å². The van der Waals surface area contributed by atoms with Crippen LogP contribution in [0.25, 0.3) is 0 Å². The summed E-state index contributed by atoms with van der Waals surface area (Å²) in [6.45, 7) is 3.05. The van der Waals surface area contributed by atoms with E-state index in [1.807, 2.05) is 43.3 Å². The molecule has 2 aromatic rings. The number of nitrogens with zero attached hydrogens (tertiary/aromatic N) is 3. The second kappa shape index (κ2) is 9.74. The largest absolute Gasteiger partial charge is 0.335 e. The van der Waals surface area contributed by atoms with Crippen LogP contribution in [0, 0.1) is 11.3 Å². The first kappa shape index (κ1) is 21.8. The summed E-state index contributed by atoms with van der Waals surface area (Å²) in [4.78, 5) is 14.4. The van der Waals surface area contributed by atoms with Gasteiger partial charge in [-0.05, 0) is 30.5 Å². The van der Waals surface area contributed by atoms with Crippen LogP contribution < -0.4 is 5.32 Å². The van der Waals surface area contributed by atoms with Crippen LogP contribution in [0.15, 0.2) is 59.5 Å². The fourth-order valence-corrected chi connectivity index (χ4v) is 5.08. The average Bonchev–Trinajstić information content (AvgIpc) is 2.79. The fourth-order valence-electron chi connectivity index (χ4n) is 3.52. The number of sulfonamides is 1. The fraction of sp³-hybridized carbons (Fsp3) is 0.364. The first-order valence-electron chi connectivity index (χ1n) is 10.0. The molecule has 2 amide bonds. The summed E-state index contributed by atoms with van der Waals surface area (Å²) in [6.07, 6.45) is 1.56. The number of urea groups is 1. The number of benzene rings is 2. The van der Waals surface area contributed by atoms with Crippen molar-refractivity contribution in [1.29, 1.82) is 5.26 Å². The van der Waals surface area contributed by atoms with Gasteiger partial charge in [0.1, 0.15) is 6.07 Å². The Hall–Kier alpha value is -2.89. The zero-order valence-electron chi connectivity index (χ0n) is 17.0. The number of carbonyl (C=O) groups excluding carboxylic acids is 1. The molecule has 1 aliphatic heterocycles. The molecule has 7 nitrogen and oxygen atoms in total. The van der Waals surface area contributed by atoms with Crippen LogP contribution in [0.1, 0.15) is 24.5 Å². The molecule has 8 heteroatoms. The SMILES string of the molecule is CCC(Cc1ccccc1)NC(=O)N1CCN(S(=O)(=O)c2ccccc2C#N)CC1. The number of hydrogen-bond donors (Lipinski definition) is 1. The van der Waals surface area contributed by atoms with E-state index in [1.165, 1.54) is 16.4 Å². The Morgan fingerprint density at radius 2 is 1.70 bits per heavy atom. The molecule has 158 valence electrons. The van der Waals surface area contributed by atoms with Gasteiger partial charge in [-0.1, -0.05) is 49.4 Å². The minimum Gasteiger partial charge on any atom is -0.335 e. The maximum Gasteiger partial charge on any atom is 0.317 e. The van der Waals surface area contributed by atoms with Crippen molar-refractivity contribution in [2.24, 2.45) is 0 Å². The molecule has 0 saturated carbocycles. The van der Waals surface area contributed by atoms with E-state index >= 15 is 0 Å². The third kappa shape index (κ3) is 4.99. The Labute approximate surface area is 178 Å². The number of nitriles is 1. The summed E-state index contributed by atoms with van der Waals surface area (Å²) < 4.78 is 27.2. The number of amides is 2. The number of carbonyl (C=O) groups is 1. The Kier molecular flexibility index (Phi) is 7.08. The molecule has 30 heavy (non-hydrogen) atoms. The average molecular weight is 427 g/mol. The first-order chi connectivity index (χ1) is 14.5. The maximum absolute atomic E-state index is 12.9. The summed E-state index contributed by atoms with van der Waals surface area (Å²) in [7, 11) is -3.77. The molecule has 0 spiro atoms. The highest BCUT2D eigenvalue weighted by atomic mass is 32.2. The molecule has 2 aromatic carbocycles. The van der Waals surface area contributed by atoms with Gasteiger partial charge in [0, 0.05) is 32.2 Å². The normalized spacial score (nSPS) is 15.9. The van der Waals surface area contributed by atoms with E-state index in [2.05, 4.69) is 5.32 Å². The van der Waals surface area contributed by atoms with Gasteiger partial charge in [0.15, 0.2) is 0 Å². The zero-order valence-corrected chi connectivity index (χ0v) is 17.8. The molecule has 1 saturated heterocycles. The van der Waals surface area contributed by atoms with Crippen molar-refractivity contribution in [3.05, 3.63) is 65.7 Å². The zero-order chi connectivity index (χ0) is 21.6. The van der Waals surface area contributed by atoms with E-state index in [4.69, 9.17) is 0 Å². The highest BCUT2D eigenvalue weighted by molar-refractivity contribution is 7.89. The molecular weight excluding hydrogens is 400 g/mol. The van der Waals surface area contributed by atoms with Crippen molar-refractivity contribution >= 4 is 16.1 Å². The van der Waals surface area contributed by atoms with Gasteiger partial charge < -0.3 is 10.2 Å². The topological polar surface area (TPSA) is 93.5 Å². The predicted molar refractivity (Wildman–Crippen MR) is 114 cm³/mol. The van der Waals surface area contributed by atoms with Gasteiger partial charge >= 0.3 is 6.03 Å². The van der Waals surface area contributed by atoms with Crippen LogP contribution in [-0.2, 0) is 16.4 Å². The lowest BCUT2D eigenvalue weighted by Gasteiger charge is -2.35. The molecule has 1 aliphatic rings. The minimum absolute atomic E-state index is 0.0132. The predicted octanol–water partition coefficient (Wildman–Crippen LogP) is 2.60.